The molecule has 0 amide bonds. The van der Waals surface area contributed by atoms with Crippen LogP contribution >= 0.6 is 0 Å². The van der Waals surface area contributed by atoms with Gasteiger partial charge in [0.25, 0.3) is 0 Å². The second kappa shape index (κ2) is 11.3. The summed E-state index contributed by atoms with van der Waals surface area (Å²) in [6.45, 7) is 5.80. The van der Waals surface area contributed by atoms with Gasteiger partial charge in [-0.1, -0.05) is 30.3 Å². The molecule has 2 aromatic rings. The summed E-state index contributed by atoms with van der Waals surface area (Å²) in [5.41, 5.74) is 1.19. The SMILES string of the molecule is CCOCCCNC(=NCc1ccccc1)NCCc1ccco1. The minimum atomic E-state index is 0.655. The Hall–Kier alpha value is -2.27. The first-order valence-electron chi connectivity index (χ1n) is 8.54. The van der Waals surface area contributed by atoms with E-state index in [0.717, 1.165) is 50.9 Å². The predicted molar refractivity (Wildman–Crippen MR) is 97.1 cm³/mol. The summed E-state index contributed by atoms with van der Waals surface area (Å²) in [7, 11) is 0. The number of furan rings is 1. The molecule has 1 aromatic carbocycles. The van der Waals surface area contributed by atoms with Crippen LogP contribution in [0.4, 0.5) is 0 Å². The third-order valence-corrected chi connectivity index (χ3v) is 3.47. The van der Waals surface area contributed by atoms with Crippen molar-refractivity contribution in [2.75, 3.05) is 26.3 Å². The van der Waals surface area contributed by atoms with Crippen LogP contribution in [-0.4, -0.2) is 32.3 Å². The van der Waals surface area contributed by atoms with Crippen molar-refractivity contribution in [1.82, 2.24) is 10.6 Å². The molecule has 0 fully saturated rings. The molecule has 1 aromatic heterocycles. The van der Waals surface area contributed by atoms with Crippen molar-refractivity contribution in [1.29, 1.82) is 0 Å². The maximum Gasteiger partial charge on any atom is 0.191 e. The fraction of sp³-hybridized carbons (Fsp3) is 0.421. The van der Waals surface area contributed by atoms with E-state index in [0.29, 0.717) is 6.54 Å². The molecular weight excluding hydrogens is 302 g/mol. The number of nitrogens with zero attached hydrogens (tertiary/aromatic N) is 1. The molecule has 5 nitrogen and oxygen atoms in total. The Morgan fingerprint density at radius 3 is 2.67 bits per heavy atom. The zero-order valence-corrected chi connectivity index (χ0v) is 14.3. The summed E-state index contributed by atoms with van der Waals surface area (Å²) in [5, 5.41) is 6.71. The summed E-state index contributed by atoms with van der Waals surface area (Å²) in [4.78, 5) is 4.65. The Morgan fingerprint density at radius 2 is 1.92 bits per heavy atom. The standard InChI is InChI=1S/C19H27N3O2/c1-2-23-14-7-12-20-19(21-13-11-18-10-6-15-24-18)22-16-17-8-4-3-5-9-17/h3-6,8-10,15H,2,7,11-14,16H2,1H3,(H2,20,21,22). The predicted octanol–water partition coefficient (Wildman–Crippen LogP) is 2.98. The van der Waals surface area contributed by atoms with Crippen molar-refractivity contribution < 1.29 is 9.15 Å². The van der Waals surface area contributed by atoms with E-state index in [-0.39, 0.29) is 0 Å². The van der Waals surface area contributed by atoms with Gasteiger partial charge in [0.2, 0.25) is 0 Å². The molecule has 0 unspecified atom stereocenters. The van der Waals surface area contributed by atoms with E-state index in [2.05, 4.69) is 27.8 Å². The number of hydrogen-bond donors (Lipinski definition) is 2. The Bertz CT molecular complexity index is 568. The number of ether oxygens (including phenoxy) is 1. The molecule has 24 heavy (non-hydrogen) atoms. The third-order valence-electron chi connectivity index (χ3n) is 3.47. The van der Waals surface area contributed by atoms with Crippen LogP contribution in [-0.2, 0) is 17.7 Å². The minimum Gasteiger partial charge on any atom is -0.469 e. The van der Waals surface area contributed by atoms with Crippen molar-refractivity contribution in [3.63, 3.8) is 0 Å². The topological polar surface area (TPSA) is 58.8 Å². The highest BCUT2D eigenvalue weighted by Crippen LogP contribution is 2.01. The van der Waals surface area contributed by atoms with Crippen LogP contribution in [0.25, 0.3) is 0 Å². The highest BCUT2D eigenvalue weighted by molar-refractivity contribution is 5.79. The molecule has 0 atom stereocenters. The summed E-state index contributed by atoms with van der Waals surface area (Å²) in [6.07, 6.45) is 3.49. The number of aliphatic imine (C=N–C) groups is 1. The van der Waals surface area contributed by atoms with Crippen molar-refractivity contribution in [2.24, 2.45) is 4.99 Å². The number of nitrogens with one attached hydrogen (secondary N) is 2. The minimum absolute atomic E-state index is 0.655. The molecule has 0 saturated heterocycles. The first kappa shape index (κ1) is 18.1. The Morgan fingerprint density at radius 1 is 1.08 bits per heavy atom. The van der Waals surface area contributed by atoms with Gasteiger partial charge in [-0.05, 0) is 31.0 Å². The fourth-order valence-corrected chi connectivity index (χ4v) is 2.21. The van der Waals surface area contributed by atoms with E-state index in [1.807, 2.05) is 37.3 Å². The Balaban J connectivity index is 1.80. The van der Waals surface area contributed by atoms with Gasteiger partial charge in [-0.2, -0.15) is 0 Å². The van der Waals surface area contributed by atoms with E-state index < -0.39 is 0 Å². The molecule has 2 N–H and O–H groups in total. The van der Waals surface area contributed by atoms with Gasteiger partial charge >= 0.3 is 0 Å². The second-order valence-electron chi connectivity index (χ2n) is 5.38. The van der Waals surface area contributed by atoms with Gasteiger partial charge in [0, 0.05) is 32.7 Å². The maximum atomic E-state index is 5.36. The van der Waals surface area contributed by atoms with Crippen molar-refractivity contribution >= 4 is 5.96 Å². The number of guanidine groups is 1. The lowest BCUT2D eigenvalue weighted by atomic mass is 10.2. The summed E-state index contributed by atoms with van der Waals surface area (Å²) in [5.74, 6) is 1.79. The zero-order chi connectivity index (χ0) is 16.9. The number of rotatable bonds is 10. The summed E-state index contributed by atoms with van der Waals surface area (Å²) in [6, 6.07) is 14.1. The molecular formula is C19H27N3O2. The lowest BCUT2D eigenvalue weighted by Gasteiger charge is -2.12. The van der Waals surface area contributed by atoms with E-state index in [1.165, 1.54) is 5.56 Å². The van der Waals surface area contributed by atoms with Gasteiger partial charge in [-0.25, -0.2) is 4.99 Å². The molecule has 5 heteroatoms. The molecule has 130 valence electrons. The molecule has 0 bridgehead atoms. The lowest BCUT2D eigenvalue weighted by Crippen LogP contribution is -2.39. The normalized spacial score (nSPS) is 11.5. The first-order valence-corrected chi connectivity index (χ1v) is 8.54. The molecule has 0 aliphatic rings. The highest BCUT2D eigenvalue weighted by atomic mass is 16.5. The smallest absolute Gasteiger partial charge is 0.191 e. The van der Waals surface area contributed by atoms with E-state index in [1.54, 1.807) is 6.26 Å². The highest BCUT2D eigenvalue weighted by Gasteiger charge is 2.00. The molecule has 0 spiro atoms. The van der Waals surface area contributed by atoms with Gasteiger partial charge in [-0.3, -0.25) is 0 Å². The Kier molecular flexibility index (Phi) is 8.51. The van der Waals surface area contributed by atoms with Crippen LogP contribution in [0.3, 0.4) is 0 Å². The largest absolute Gasteiger partial charge is 0.469 e. The monoisotopic (exact) mass is 329 g/mol. The van der Waals surface area contributed by atoms with Gasteiger partial charge in [0.1, 0.15) is 5.76 Å². The zero-order valence-electron chi connectivity index (χ0n) is 14.3. The van der Waals surface area contributed by atoms with Gasteiger partial charge < -0.3 is 19.8 Å². The number of hydrogen-bond acceptors (Lipinski definition) is 3. The molecule has 1 heterocycles. The lowest BCUT2D eigenvalue weighted by molar-refractivity contribution is 0.145. The van der Waals surface area contributed by atoms with E-state index >= 15 is 0 Å². The quantitative estimate of drug-likeness (QED) is 0.400. The van der Waals surface area contributed by atoms with Crippen molar-refractivity contribution in [3.8, 4) is 0 Å². The van der Waals surface area contributed by atoms with Crippen molar-refractivity contribution in [2.45, 2.75) is 26.3 Å². The van der Waals surface area contributed by atoms with Gasteiger partial charge in [0.05, 0.1) is 12.8 Å². The third kappa shape index (κ3) is 7.33. The maximum absolute atomic E-state index is 5.36. The second-order valence-corrected chi connectivity index (χ2v) is 5.38. The van der Waals surface area contributed by atoms with Gasteiger partial charge in [-0.15, -0.1) is 0 Å². The fourth-order valence-electron chi connectivity index (χ4n) is 2.21. The average molecular weight is 329 g/mol. The van der Waals surface area contributed by atoms with E-state index in [9.17, 15) is 0 Å². The van der Waals surface area contributed by atoms with Crippen LogP contribution in [0.1, 0.15) is 24.7 Å². The van der Waals surface area contributed by atoms with Crippen LogP contribution < -0.4 is 10.6 Å². The van der Waals surface area contributed by atoms with Crippen molar-refractivity contribution in [3.05, 3.63) is 60.1 Å². The van der Waals surface area contributed by atoms with Crippen LogP contribution in [0.2, 0.25) is 0 Å². The molecule has 0 saturated carbocycles. The van der Waals surface area contributed by atoms with Crippen LogP contribution in [0, 0.1) is 0 Å². The van der Waals surface area contributed by atoms with E-state index in [4.69, 9.17) is 9.15 Å². The van der Waals surface area contributed by atoms with Crippen LogP contribution in [0.5, 0.6) is 0 Å². The van der Waals surface area contributed by atoms with Crippen LogP contribution in [0.15, 0.2) is 58.1 Å². The molecule has 2 rings (SSSR count). The summed E-state index contributed by atoms with van der Waals surface area (Å²) < 4.78 is 10.7. The summed E-state index contributed by atoms with van der Waals surface area (Å²) >= 11 is 0. The number of benzene rings is 1. The molecule has 0 aliphatic heterocycles. The Labute approximate surface area is 144 Å². The first-order chi connectivity index (χ1) is 11.9. The average Bonchev–Trinajstić information content (AvgIpc) is 3.13. The van der Waals surface area contributed by atoms with Gasteiger partial charge in [0.15, 0.2) is 5.96 Å². The molecule has 0 aliphatic carbocycles. The molecule has 0 radical (unpaired) electrons.